The van der Waals surface area contributed by atoms with Gasteiger partial charge < -0.3 is 5.32 Å². The molecule has 0 saturated heterocycles. The van der Waals surface area contributed by atoms with E-state index in [1.807, 2.05) is 44.2 Å². The van der Waals surface area contributed by atoms with Crippen molar-refractivity contribution in [1.82, 2.24) is 4.37 Å². The van der Waals surface area contributed by atoms with Crippen LogP contribution in [0.1, 0.15) is 16.8 Å². The van der Waals surface area contributed by atoms with E-state index in [-0.39, 0.29) is 5.91 Å². The van der Waals surface area contributed by atoms with E-state index in [1.165, 1.54) is 17.1 Å². The Balaban J connectivity index is 1.98. The monoisotopic (exact) mass is 246 g/mol. The number of nitrogens with zero attached hydrogens (tertiary/aromatic N) is 1. The van der Waals surface area contributed by atoms with Crippen molar-refractivity contribution >= 4 is 22.4 Å². The van der Waals surface area contributed by atoms with Gasteiger partial charge in [-0.25, -0.2) is 0 Å². The number of amides is 1. The first kappa shape index (κ1) is 11.8. The number of anilines is 1. The Labute approximate surface area is 105 Å². The SMILES string of the molecule is Cc1cccc(CC(=O)Nc2cc(C)ns2)c1. The predicted octanol–water partition coefficient (Wildman–Crippen LogP) is 2.94. The zero-order valence-electron chi connectivity index (χ0n) is 9.86. The van der Waals surface area contributed by atoms with Gasteiger partial charge in [-0.2, -0.15) is 4.37 Å². The van der Waals surface area contributed by atoms with Gasteiger partial charge in [0.15, 0.2) is 0 Å². The van der Waals surface area contributed by atoms with Gasteiger partial charge in [-0.05, 0) is 37.0 Å². The average molecular weight is 246 g/mol. The summed E-state index contributed by atoms with van der Waals surface area (Å²) in [7, 11) is 0. The first-order valence-electron chi connectivity index (χ1n) is 5.42. The van der Waals surface area contributed by atoms with E-state index < -0.39 is 0 Å². The summed E-state index contributed by atoms with van der Waals surface area (Å²) in [4.78, 5) is 11.8. The lowest BCUT2D eigenvalue weighted by Gasteiger charge is -2.03. The third-order valence-corrected chi connectivity index (χ3v) is 3.13. The first-order valence-corrected chi connectivity index (χ1v) is 6.19. The lowest BCUT2D eigenvalue weighted by atomic mass is 10.1. The maximum atomic E-state index is 11.8. The molecule has 0 saturated carbocycles. The van der Waals surface area contributed by atoms with E-state index >= 15 is 0 Å². The van der Waals surface area contributed by atoms with Crippen LogP contribution in [0.25, 0.3) is 0 Å². The van der Waals surface area contributed by atoms with Crippen molar-refractivity contribution in [1.29, 1.82) is 0 Å². The van der Waals surface area contributed by atoms with Crippen molar-refractivity contribution in [2.75, 3.05) is 5.32 Å². The van der Waals surface area contributed by atoms with Crippen LogP contribution in [0.5, 0.6) is 0 Å². The average Bonchev–Trinajstić information content (AvgIpc) is 2.63. The number of hydrogen-bond acceptors (Lipinski definition) is 3. The fraction of sp³-hybridized carbons (Fsp3) is 0.231. The van der Waals surface area contributed by atoms with Crippen molar-refractivity contribution in [2.45, 2.75) is 20.3 Å². The van der Waals surface area contributed by atoms with Gasteiger partial charge in [-0.15, -0.1) is 0 Å². The van der Waals surface area contributed by atoms with Crippen LogP contribution in [0.4, 0.5) is 5.00 Å². The molecule has 0 spiro atoms. The molecule has 3 nitrogen and oxygen atoms in total. The number of carbonyl (C=O) groups is 1. The Kier molecular flexibility index (Phi) is 3.54. The number of aromatic nitrogens is 1. The zero-order chi connectivity index (χ0) is 12.3. The molecule has 4 heteroatoms. The van der Waals surface area contributed by atoms with Gasteiger partial charge in [0.2, 0.25) is 5.91 Å². The Morgan fingerprint density at radius 2 is 2.18 bits per heavy atom. The minimum absolute atomic E-state index is 0.000694. The summed E-state index contributed by atoms with van der Waals surface area (Å²) in [5.74, 6) is -0.000694. The summed E-state index contributed by atoms with van der Waals surface area (Å²) < 4.78 is 4.12. The van der Waals surface area contributed by atoms with E-state index in [9.17, 15) is 4.79 Å². The van der Waals surface area contributed by atoms with Crippen LogP contribution in [0, 0.1) is 13.8 Å². The summed E-state index contributed by atoms with van der Waals surface area (Å²) in [6.07, 6.45) is 0.401. The first-order chi connectivity index (χ1) is 8.13. The lowest BCUT2D eigenvalue weighted by Crippen LogP contribution is -2.13. The fourth-order valence-electron chi connectivity index (χ4n) is 1.61. The number of carbonyl (C=O) groups excluding carboxylic acids is 1. The number of benzene rings is 1. The van der Waals surface area contributed by atoms with Crippen LogP contribution in [0.2, 0.25) is 0 Å². The molecular formula is C13H14N2OS. The summed E-state index contributed by atoms with van der Waals surface area (Å²) in [5, 5.41) is 3.65. The van der Waals surface area contributed by atoms with Gasteiger partial charge in [0.25, 0.3) is 0 Å². The van der Waals surface area contributed by atoms with E-state index in [4.69, 9.17) is 0 Å². The highest BCUT2D eigenvalue weighted by Crippen LogP contribution is 2.15. The number of hydrogen-bond donors (Lipinski definition) is 1. The second-order valence-corrected chi connectivity index (χ2v) is 4.85. The quantitative estimate of drug-likeness (QED) is 0.904. The van der Waals surface area contributed by atoms with Crippen molar-refractivity contribution in [3.63, 3.8) is 0 Å². The molecule has 1 aromatic carbocycles. The lowest BCUT2D eigenvalue weighted by molar-refractivity contribution is -0.115. The highest BCUT2D eigenvalue weighted by molar-refractivity contribution is 7.10. The van der Waals surface area contributed by atoms with Gasteiger partial charge in [-0.1, -0.05) is 29.8 Å². The Morgan fingerprint density at radius 1 is 1.35 bits per heavy atom. The molecule has 88 valence electrons. The van der Waals surface area contributed by atoms with Crippen LogP contribution >= 0.6 is 11.5 Å². The highest BCUT2D eigenvalue weighted by Gasteiger charge is 2.06. The molecule has 1 amide bonds. The molecule has 0 aliphatic carbocycles. The Bertz CT molecular complexity index is 534. The van der Waals surface area contributed by atoms with Gasteiger partial charge >= 0.3 is 0 Å². The number of rotatable bonds is 3. The Hall–Kier alpha value is -1.68. The molecule has 0 bridgehead atoms. The minimum Gasteiger partial charge on any atom is -0.316 e. The molecule has 0 fully saturated rings. The van der Waals surface area contributed by atoms with Crippen molar-refractivity contribution < 1.29 is 4.79 Å². The van der Waals surface area contributed by atoms with Crippen molar-refractivity contribution in [3.8, 4) is 0 Å². The van der Waals surface area contributed by atoms with Gasteiger partial charge in [-0.3, -0.25) is 4.79 Å². The Morgan fingerprint density at radius 3 is 2.82 bits per heavy atom. The normalized spacial score (nSPS) is 10.2. The van der Waals surface area contributed by atoms with E-state index in [0.717, 1.165) is 16.3 Å². The molecule has 0 aliphatic rings. The van der Waals surface area contributed by atoms with Crippen molar-refractivity contribution in [2.24, 2.45) is 0 Å². The largest absolute Gasteiger partial charge is 0.316 e. The molecule has 2 rings (SSSR count). The smallest absolute Gasteiger partial charge is 0.229 e. The van der Waals surface area contributed by atoms with E-state index in [0.29, 0.717) is 6.42 Å². The van der Waals surface area contributed by atoms with Crippen LogP contribution in [-0.4, -0.2) is 10.3 Å². The standard InChI is InChI=1S/C13H14N2OS/c1-9-4-3-5-11(6-9)8-12(16)14-13-7-10(2)15-17-13/h3-7H,8H2,1-2H3,(H,14,16). The molecule has 0 radical (unpaired) electrons. The summed E-state index contributed by atoms with van der Waals surface area (Å²) in [5.41, 5.74) is 3.13. The maximum absolute atomic E-state index is 11.8. The number of aryl methyl sites for hydroxylation is 2. The second-order valence-electron chi connectivity index (χ2n) is 4.05. The molecule has 1 aromatic heterocycles. The molecule has 1 heterocycles. The van der Waals surface area contributed by atoms with Crippen LogP contribution in [-0.2, 0) is 11.2 Å². The molecule has 17 heavy (non-hydrogen) atoms. The third kappa shape index (κ3) is 3.39. The molecule has 0 aliphatic heterocycles. The number of nitrogens with one attached hydrogen (secondary N) is 1. The fourth-order valence-corrected chi connectivity index (χ4v) is 2.29. The van der Waals surface area contributed by atoms with Crippen LogP contribution in [0.3, 0.4) is 0 Å². The summed E-state index contributed by atoms with van der Waals surface area (Å²) in [6, 6.07) is 9.85. The van der Waals surface area contributed by atoms with E-state index in [2.05, 4.69) is 9.69 Å². The minimum atomic E-state index is -0.000694. The molecule has 0 atom stereocenters. The summed E-state index contributed by atoms with van der Waals surface area (Å²) in [6.45, 7) is 3.93. The molecular weight excluding hydrogens is 232 g/mol. The summed E-state index contributed by atoms with van der Waals surface area (Å²) >= 11 is 1.31. The second kappa shape index (κ2) is 5.10. The third-order valence-electron chi connectivity index (χ3n) is 2.34. The molecule has 1 N–H and O–H groups in total. The van der Waals surface area contributed by atoms with E-state index in [1.54, 1.807) is 0 Å². The van der Waals surface area contributed by atoms with Gasteiger partial charge in [0.05, 0.1) is 12.1 Å². The van der Waals surface area contributed by atoms with Crippen LogP contribution < -0.4 is 5.32 Å². The predicted molar refractivity (Wildman–Crippen MR) is 70.4 cm³/mol. The highest BCUT2D eigenvalue weighted by atomic mass is 32.1. The van der Waals surface area contributed by atoms with Crippen LogP contribution in [0.15, 0.2) is 30.3 Å². The maximum Gasteiger partial charge on any atom is 0.229 e. The molecule has 2 aromatic rings. The molecule has 0 unspecified atom stereocenters. The zero-order valence-corrected chi connectivity index (χ0v) is 10.7. The van der Waals surface area contributed by atoms with Gasteiger partial charge in [0, 0.05) is 0 Å². The topological polar surface area (TPSA) is 42.0 Å². The van der Waals surface area contributed by atoms with Crippen molar-refractivity contribution in [3.05, 3.63) is 47.2 Å². The van der Waals surface area contributed by atoms with Gasteiger partial charge in [0.1, 0.15) is 5.00 Å².